The standard InChI is InChI=1S/C20H26N4O2/c1-14-12-18(15(2)24(14)17-6-4-3-5-7-17)20(26)22-16-8-10-23(11-9-16)13-19(21)25/h3-7,12,16H,8-11,13H2,1-2H3,(H2,21,25)(H,22,26). The highest BCUT2D eigenvalue weighted by molar-refractivity contribution is 5.96. The third-order valence-corrected chi connectivity index (χ3v) is 4.99. The molecule has 3 rings (SSSR count). The number of nitrogens with zero attached hydrogens (tertiary/aromatic N) is 2. The summed E-state index contributed by atoms with van der Waals surface area (Å²) in [5.41, 5.74) is 8.99. The van der Waals surface area contributed by atoms with Gasteiger partial charge in [0.05, 0.1) is 12.1 Å². The number of aryl methyl sites for hydroxylation is 1. The van der Waals surface area contributed by atoms with Crippen LogP contribution < -0.4 is 11.1 Å². The predicted octanol–water partition coefficient (Wildman–Crippen LogP) is 1.77. The Morgan fingerprint density at radius 2 is 1.81 bits per heavy atom. The first-order valence-corrected chi connectivity index (χ1v) is 9.01. The number of likely N-dealkylation sites (tertiary alicyclic amines) is 1. The van der Waals surface area contributed by atoms with Crippen LogP contribution in [-0.2, 0) is 4.79 Å². The van der Waals surface area contributed by atoms with Crippen molar-refractivity contribution in [1.29, 1.82) is 0 Å². The molecule has 0 radical (unpaired) electrons. The molecular formula is C20H26N4O2. The van der Waals surface area contributed by atoms with Crippen LogP contribution in [0.1, 0.15) is 34.6 Å². The summed E-state index contributed by atoms with van der Waals surface area (Å²) in [7, 11) is 0. The summed E-state index contributed by atoms with van der Waals surface area (Å²) in [6.07, 6.45) is 1.66. The van der Waals surface area contributed by atoms with Gasteiger partial charge in [0.1, 0.15) is 0 Å². The maximum Gasteiger partial charge on any atom is 0.253 e. The van der Waals surface area contributed by atoms with Gasteiger partial charge in [0.2, 0.25) is 5.91 Å². The molecule has 2 amide bonds. The molecular weight excluding hydrogens is 328 g/mol. The summed E-state index contributed by atoms with van der Waals surface area (Å²) in [5, 5.41) is 3.15. The molecule has 0 aliphatic carbocycles. The molecule has 26 heavy (non-hydrogen) atoms. The number of aromatic nitrogens is 1. The second-order valence-electron chi connectivity index (χ2n) is 6.95. The summed E-state index contributed by atoms with van der Waals surface area (Å²) in [4.78, 5) is 25.8. The zero-order valence-corrected chi connectivity index (χ0v) is 15.4. The molecule has 3 N–H and O–H groups in total. The Kier molecular flexibility index (Phi) is 5.42. The molecule has 1 aliphatic rings. The maximum atomic E-state index is 12.8. The van der Waals surface area contributed by atoms with Gasteiger partial charge in [-0.3, -0.25) is 14.5 Å². The van der Waals surface area contributed by atoms with Crippen LogP contribution in [-0.4, -0.2) is 47.0 Å². The van der Waals surface area contributed by atoms with Gasteiger partial charge in [0.25, 0.3) is 5.91 Å². The molecule has 0 atom stereocenters. The molecule has 1 fully saturated rings. The normalized spacial score (nSPS) is 15.8. The molecule has 1 aromatic carbocycles. The van der Waals surface area contributed by atoms with E-state index in [1.807, 2.05) is 55.1 Å². The van der Waals surface area contributed by atoms with Gasteiger partial charge in [-0.25, -0.2) is 0 Å². The van der Waals surface area contributed by atoms with Gasteiger partial charge in [-0.15, -0.1) is 0 Å². The van der Waals surface area contributed by atoms with Crippen molar-refractivity contribution in [2.45, 2.75) is 32.7 Å². The number of benzene rings is 1. The van der Waals surface area contributed by atoms with E-state index in [1.54, 1.807) is 0 Å². The highest BCUT2D eigenvalue weighted by Gasteiger charge is 2.23. The molecule has 0 saturated carbocycles. The Hall–Kier alpha value is -2.60. The van der Waals surface area contributed by atoms with Crippen molar-refractivity contribution in [3.63, 3.8) is 0 Å². The highest BCUT2D eigenvalue weighted by atomic mass is 16.2. The lowest BCUT2D eigenvalue weighted by Gasteiger charge is -2.31. The van der Waals surface area contributed by atoms with E-state index in [0.29, 0.717) is 12.1 Å². The first-order valence-electron chi connectivity index (χ1n) is 9.01. The Morgan fingerprint density at radius 3 is 2.42 bits per heavy atom. The molecule has 0 bridgehead atoms. The number of piperidine rings is 1. The lowest BCUT2D eigenvalue weighted by molar-refractivity contribution is -0.119. The average Bonchev–Trinajstić information content (AvgIpc) is 2.91. The number of hydrogen-bond acceptors (Lipinski definition) is 3. The van der Waals surface area contributed by atoms with Crippen LogP contribution in [0.15, 0.2) is 36.4 Å². The Morgan fingerprint density at radius 1 is 1.15 bits per heavy atom. The fourth-order valence-electron chi connectivity index (χ4n) is 3.69. The van der Waals surface area contributed by atoms with E-state index < -0.39 is 0 Å². The van der Waals surface area contributed by atoms with Gasteiger partial charge in [0.15, 0.2) is 0 Å². The van der Waals surface area contributed by atoms with E-state index in [-0.39, 0.29) is 17.9 Å². The lowest BCUT2D eigenvalue weighted by Crippen LogP contribution is -2.46. The van der Waals surface area contributed by atoms with E-state index in [9.17, 15) is 9.59 Å². The Balaban J connectivity index is 1.67. The first kappa shape index (κ1) is 18.2. The van der Waals surface area contributed by atoms with Gasteiger partial charge >= 0.3 is 0 Å². The predicted molar refractivity (Wildman–Crippen MR) is 101 cm³/mol. The Labute approximate surface area is 154 Å². The fraction of sp³-hybridized carbons (Fsp3) is 0.400. The number of primary amides is 1. The van der Waals surface area contributed by atoms with E-state index in [2.05, 4.69) is 9.88 Å². The number of nitrogens with one attached hydrogen (secondary N) is 1. The molecule has 2 heterocycles. The minimum absolute atomic E-state index is 0.0337. The van der Waals surface area contributed by atoms with Gasteiger partial charge in [-0.2, -0.15) is 0 Å². The number of rotatable bonds is 5. The molecule has 0 unspecified atom stereocenters. The molecule has 0 spiro atoms. The highest BCUT2D eigenvalue weighted by Crippen LogP contribution is 2.21. The van der Waals surface area contributed by atoms with Crippen LogP contribution in [0.25, 0.3) is 5.69 Å². The zero-order chi connectivity index (χ0) is 18.7. The largest absolute Gasteiger partial charge is 0.369 e. The van der Waals surface area contributed by atoms with Crippen molar-refractivity contribution >= 4 is 11.8 Å². The molecule has 1 saturated heterocycles. The third kappa shape index (κ3) is 3.96. The number of carbonyl (C=O) groups excluding carboxylic acids is 2. The van der Waals surface area contributed by atoms with Crippen molar-refractivity contribution in [3.8, 4) is 5.69 Å². The summed E-state index contributed by atoms with van der Waals surface area (Å²) in [6, 6.07) is 12.1. The minimum atomic E-state index is -0.305. The summed E-state index contributed by atoms with van der Waals surface area (Å²) >= 11 is 0. The number of carbonyl (C=O) groups is 2. The molecule has 138 valence electrons. The van der Waals surface area contributed by atoms with E-state index in [4.69, 9.17) is 5.73 Å². The second kappa shape index (κ2) is 7.74. The fourth-order valence-corrected chi connectivity index (χ4v) is 3.69. The van der Waals surface area contributed by atoms with Crippen LogP contribution in [0.3, 0.4) is 0 Å². The number of amides is 2. The van der Waals surface area contributed by atoms with Crippen LogP contribution in [0.4, 0.5) is 0 Å². The van der Waals surface area contributed by atoms with Gasteiger partial charge < -0.3 is 15.6 Å². The van der Waals surface area contributed by atoms with Crippen molar-refractivity contribution < 1.29 is 9.59 Å². The van der Waals surface area contributed by atoms with Gasteiger partial charge in [0, 0.05) is 36.2 Å². The second-order valence-corrected chi connectivity index (χ2v) is 6.95. The zero-order valence-electron chi connectivity index (χ0n) is 15.4. The summed E-state index contributed by atoms with van der Waals surface area (Å²) < 4.78 is 2.10. The Bertz CT molecular complexity index is 790. The van der Waals surface area contributed by atoms with Gasteiger partial charge in [-0.05, 0) is 44.9 Å². The summed E-state index contributed by atoms with van der Waals surface area (Å²) in [5.74, 6) is -0.338. The molecule has 6 nitrogen and oxygen atoms in total. The van der Waals surface area contributed by atoms with E-state index in [1.165, 1.54) is 0 Å². The quantitative estimate of drug-likeness (QED) is 0.859. The van der Waals surface area contributed by atoms with Crippen molar-refractivity contribution in [2.24, 2.45) is 5.73 Å². The van der Waals surface area contributed by atoms with Gasteiger partial charge in [-0.1, -0.05) is 18.2 Å². The number of para-hydroxylation sites is 1. The van der Waals surface area contributed by atoms with Crippen LogP contribution in [0.5, 0.6) is 0 Å². The molecule has 2 aromatic rings. The first-order chi connectivity index (χ1) is 12.5. The third-order valence-electron chi connectivity index (χ3n) is 4.99. The van der Waals surface area contributed by atoms with E-state index in [0.717, 1.165) is 43.0 Å². The molecule has 1 aromatic heterocycles. The molecule has 6 heteroatoms. The van der Waals surface area contributed by atoms with Crippen molar-refractivity contribution in [2.75, 3.05) is 19.6 Å². The van der Waals surface area contributed by atoms with E-state index >= 15 is 0 Å². The topological polar surface area (TPSA) is 80.4 Å². The van der Waals surface area contributed by atoms with Crippen LogP contribution >= 0.6 is 0 Å². The smallest absolute Gasteiger partial charge is 0.253 e. The maximum absolute atomic E-state index is 12.8. The minimum Gasteiger partial charge on any atom is -0.369 e. The SMILES string of the molecule is Cc1cc(C(=O)NC2CCN(CC(N)=O)CC2)c(C)n1-c1ccccc1. The van der Waals surface area contributed by atoms with Crippen molar-refractivity contribution in [1.82, 2.24) is 14.8 Å². The monoisotopic (exact) mass is 354 g/mol. The summed E-state index contributed by atoms with van der Waals surface area (Å²) in [6.45, 7) is 5.83. The molecule has 1 aliphatic heterocycles. The number of nitrogens with two attached hydrogens (primary N) is 1. The average molecular weight is 354 g/mol. The van der Waals surface area contributed by atoms with Crippen molar-refractivity contribution in [3.05, 3.63) is 53.3 Å². The number of hydrogen-bond donors (Lipinski definition) is 2. The van der Waals surface area contributed by atoms with Crippen LogP contribution in [0.2, 0.25) is 0 Å². The van der Waals surface area contributed by atoms with Crippen LogP contribution in [0, 0.1) is 13.8 Å². The lowest BCUT2D eigenvalue weighted by atomic mass is 10.0.